The van der Waals surface area contributed by atoms with Gasteiger partial charge in [-0.1, -0.05) is 25.4 Å². The molecule has 17 heavy (non-hydrogen) atoms. The van der Waals surface area contributed by atoms with Crippen molar-refractivity contribution in [2.75, 3.05) is 13.1 Å². The first-order chi connectivity index (χ1) is 7.98. The first-order valence-corrected chi connectivity index (χ1v) is 6.13. The smallest absolute Gasteiger partial charge is 0.274 e. The Hall–Kier alpha value is -1.16. The van der Waals surface area contributed by atoms with Crippen LogP contribution < -0.4 is 0 Å². The molecule has 92 valence electrons. The third-order valence-corrected chi connectivity index (χ3v) is 3.41. The third-order valence-electron chi connectivity index (χ3n) is 3.23. The minimum Gasteiger partial charge on any atom is -0.337 e. The molecule has 1 amide bonds. The summed E-state index contributed by atoms with van der Waals surface area (Å²) in [5.74, 6) is -0.0736. The number of halogens is 1. The number of aromatic nitrogens is 2. The molecule has 0 saturated carbocycles. The van der Waals surface area contributed by atoms with Crippen LogP contribution in [0.2, 0.25) is 5.15 Å². The summed E-state index contributed by atoms with van der Waals surface area (Å²) in [6.45, 7) is 6.02. The highest BCUT2D eigenvalue weighted by Crippen LogP contribution is 2.30. The monoisotopic (exact) mass is 253 g/mol. The van der Waals surface area contributed by atoms with E-state index in [0.29, 0.717) is 11.1 Å². The number of nitrogens with zero attached hydrogens (tertiary/aromatic N) is 3. The van der Waals surface area contributed by atoms with Crippen LogP contribution in [0.4, 0.5) is 0 Å². The first kappa shape index (κ1) is 12.3. The minimum atomic E-state index is -0.0736. The van der Waals surface area contributed by atoms with Crippen molar-refractivity contribution >= 4 is 17.5 Å². The summed E-state index contributed by atoms with van der Waals surface area (Å²) in [5, 5.41) is 0.258. The molecule has 0 radical (unpaired) electrons. The van der Waals surface area contributed by atoms with Gasteiger partial charge in [-0.15, -0.1) is 0 Å². The van der Waals surface area contributed by atoms with Gasteiger partial charge in [0.15, 0.2) is 0 Å². The number of amides is 1. The summed E-state index contributed by atoms with van der Waals surface area (Å²) in [6, 6.07) is 0. The summed E-state index contributed by atoms with van der Waals surface area (Å²) in [7, 11) is 0. The molecular weight excluding hydrogens is 238 g/mol. The zero-order valence-corrected chi connectivity index (χ0v) is 10.9. The van der Waals surface area contributed by atoms with Gasteiger partial charge in [0.1, 0.15) is 10.8 Å². The van der Waals surface area contributed by atoms with Gasteiger partial charge in [0.2, 0.25) is 0 Å². The van der Waals surface area contributed by atoms with Gasteiger partial charge in [0.25, 0.3) is 5.91 Å². The van der Waals surface area contributed by atoms with Gasteiger partial charge in [0.05, 0.1) is 12.4 Å². The van der Waals surface area contributed by atoms with E-state index in [1.165, 1.54) is 12.4 Å². The standard InChI is InChI=1S/C12H16ClN3O/c1-12(2)3-5-16(6-4-12)11(17)9-7-14-8-10(13)15-9/h7-8H,3-6H2,1-2H3. The number of carbonyl (C=O) groups is 1. The van der Waals surface area contributed by atoms with Crippen molar-refractivity contribution < 1.29 is 4.79 Å². The highest BCUT2D eigenvalue weighted by atomic mass is 35.5. The van der Waals surface area contributed by atoms with Gasteiger partial charge in [-0.05, 0) is 18.3 Å². The molecule has 0 aliphatic carbocycles. The molecule has 2 heterocycles. The van der Waals surface area contributed by atoms with E-state index in [-0.39, 0.29) is 11.1 Å². The van der Waals surface area contributed by atoms with Crippen molar-refractivity contribution in [2.45, 2.75) is 26.7 Å². The van der Waals surface area contributed by atoms with Crippen molar-refractivity contribution in [1.29, 1.82) is 0 Å². The van der Waals surface area contributed by atoms with Crippen LogP contribution >= 0.6 is 11.6 Å². The van der Waals surface area contributed by atoms with E-state index in [4.69, 9.17) is 11.6 Å². The average Bonchev–Trinajstić information content (AvgIpc) is 2.28. The van der Waals surface area contributed by atoms with E-state index in [0.717, 1.165) is 25.9 Å². The average molecular weight is 254 g/mol. The number of carbonyl (C=O) groups excluding carboxylic acids is 1. The van der Waals surface area contributed by atoms with Gasteiger partial charge in [0, 0.05) is 13.1 Å². The van der Waals surface area contributed by atoms with Gasteiger partial charge in [-0.3, -0.25) is 9.78 Å². The summed E-state index contributed by atoms with van der Waals surface area (Å²) >= 11 is 5.73. The maximum absolute atomic E-state index is 12.1. The van der Waals surface area contributed by atoms with Gasteiger partial charge < -0.3 is 4.90 Å². The van der Waals surface area contributed by atoms with E-state index in [2.05, 4.69) is 23.8 Å². The molecule has 0 atom stereocenters. The van der Waals surface area contributed by atoms with Crippen LogP contribution in [0.15, 0.2) is 12.4 Å². The first-order valence-electron chi connectivity index (χ1n) is 5.75. The Labute approximate surface area is 106 Å². The fraction of sp³-hybridized carbons (Fsp3) is 0.583. The molecule has 4 nitrogen and oxygen atoms in total. The second-order valence-electron chi connectivity index (χ2n) is 5.18. The van der Waals surface area contributed by atoms with Gasteiger partial charge in [-0.25, -0.2) is 4.98 Å². The Morgan fingerprint density at radius 2 is 2.00 bits per heavy atom. The largest absolute Gasteiger partial charge is 0.337 e. The second kappa shape index (κ2) is 4.61. The van der Waals surface area contributed by atoms with E-state index in [9.17, 15) is 4.79 Å². The van der Waals surface area contributed by atoms with Crippen molar-refractivity contribution in [1.82, 2.24) is 14.9 Å². The lowest BCUT2D eigenvalue weighted by molar-refractivity contribution is 0.0624. The summed E-state index contributed by atoms with van der Waals surface area (Å²) in [4.78, 5) is 21.8. The molecule has 1 aromatic heterocycles. The molecule has 0 N–H and O–H groups in total. The molecular formula is C12H16ClN3O. The highest BCUT2D eigenvalue weighted by Gasteiger charge is 2.28. The molecule has 1 saturated heterocycles. The summed E-state index contributed by atoms with van der Waals surface area (Å²) < 4.78 is 0. The molecule has 0 bridgehead atoms. The van der Waals surface area contributed by atoms with E-state index >= 15 is 0 Å². The Bertz CT molecular complexity index is 424. The van der Waals surface area contributed by atoms with Crippen molar-refractivity contribution in [3.8, 4) is 0 Å². The molecule has 0 spiro atoms. The predicted molar refractivity (Wildman–Crippen MR) is 66.0 cm³/mol. The number of likely N-dealkylation sites (tertiary alicyclic amines) is 1. The van der Waals surface area contributed by atoms with Gasteiger partial charge >= 0.3 is 0 Å². The molecule has 1 aromatic rings. The Morgan fingerprint density at radius 1 is 1.35 bits per heavy atom. The number of hydrogen-bond acceptors (Lipinski definition) is 3. The fourth-order valence-corrected chi connectivity index (χ4v) is 2.07. The van der Waals surface area contributed by atoms with Crippen molar-refractivity contribution in [3.05, 3.63) is 23.2 Å². The zero-order chi connectivity index (χ0) is 12.5. The van der Waals surface area contributed by atoms with E-state index in [1.54, 1.807) is 0 Å². The highest BCUT2D eigenvalue weighted by molar-refractivity contribution is 6.29. The van der Waals surface area contributed by atoms with Crippen LogP contribution in [0.5, 0.6) is 0 Å². The van der Waals surface area contributed by atoms with Crippen LogP contribution in [0.25, 0.3) is 0 Å². The molecule has 0 aromatic carbocycles. The maximum Gasteiger partial charge on any atom is 0.274 e. The third kappa shape index (κ3) is 2.94. The van der Waals surface area contributed by atoms with Crippen LogP contribution in [0.3, 0.4) is 0 Å². The zero-order valence-electron chi connectivity index (χ0n) is 10.1. The number of piperidine rings is 1. The molecule has 0 unspecified atom stereocenters. The molecule has 5 heteroatoms. The van der Waals surface area contributed by atoms with Crippen LogP contribution in [-0.2, 0) is 0 Å². The fourth-order valence-electron chi connectivity index (χ4n) is 1.92. The molecule has 1 aliphatic rings. The number of hydrogen-bond donors (Lipinski definition) is 0. The minimum absolute atomic E-state index is 0.0736. The lowest BCUT2D eigenvalue weighted by atomic mass is 9.82. The predicted octanol–water partition coefficient (Wildman–Crippen LogP) is 2.39. The molecule has 2 rings (SSSR count). The Kier molecular flexibility index (Phi) is 3.33. The Morgan fingerprint density at radius 3 is 2.59 bits per heavy atom. The van der Waals surface area contributed by atoms with Crippen molar-refractivity contribution in [2.24, 2.45) is 5.41 Å². The van der Waals surface area contributed by atoms with Gasteiger partial charge in [-0.2, -0.15) is 0 Å². The lowest BCUT2D eigenvalue weighted by Gasteiger charge is -2.36. The quantitative estimate of drug-likeness (QED) is 0.772. The summed E-state index contributed by atoms with van der Waals surface area (Å²) in [5.41, 5.74) is 0.661. The number of rotatable bonds is 1. The van der Waals surface area contributed by atoms with Crippen LogP contribution in [0.1, 0.15) is 37.2 Å². The van der Waals surface area contributed by atoms with Crippen LogP contribution in [-0.4, -0.2) is 33.9 Å². The van der Waals surface area contributed by atoms with Crippen LogP contribution in [0, 0.1) is 5.41 Å². The lowest BCUT2D eigenvalue weighted by Crippen LogP contribution is -2.41. The topological polar surface area (TPSA) is 46.1 Å². The van der Waals surface area contributed by atoms with E-state index < -0.39 is 0 Å². The molecule has 1 aliphatic heterocycles. The SMILES string of the molecule is CC1(C)CCN(C(=O)c2cncc(Cl)n2)CC1. The maximum atomic E-state index is 12.1. The normalized spacial score (nSPS) is 19.1. The summed E-state index contributed by atoms with van der Waals surface area (Å²) in [6.07, 6.45) is 4.94. The van der Waals surface area contributed by atoms with E-state index in [1.807, 2.05) is 4.90 Å². The Balaban J connectivity index is 2.07. The van der Waals surface area contributed by atoms with Crippen molar-refractivity contribution in [3.63, 3.8) is 0 Å². The second-order valence-corrected chi connectivity index (χ2v) is 5.57. The molecule has 1 fully saturated rings.